The summed E-state index contributed by atoms with van der Waals surface area (Å²) in [6.07, 6.45) is 6.65. The second-order valence-corrected chi connectivity index (χ2v) is 8.57. The van der Waals surface area contributed by atoms with Gasteiger partial charge in [-0.25, -0.2) is 9.37 Å². The van der Waals surface area contributed by atoms with Crippen LogP contribution in [0, 0.1) is 5.82 Å². The Morgan fingerprint density at radius 1 is 1.27 bits per heavy atom. The van der Waals surface area contributed by atoms with Crippen LogP contribution in [-0.2, 0) is 0 Å². The quantitative estimate of drug-likeness (QED) is 0.514. The number of carbonyl (C=O) groups excluding carboxylic acids is 1. The van der Waals surface area contributed by atoms with Crippen LogP contribution < -0.4 is 4.74 Å². The molecule has 3 atom stereocenters. The van der Waals surface area contributed by atoms with E-state index in [9.17, 15) is 9.18 Å². The van der Waals surface area contributed by atoms with Crippen molar-refractivity contribution >= 4 is 33.4 Å². The molecule has 1 amide bonds. The fraction of sp³-hybridized carbons (Fsp3) is 0.300. The number of aromatic nitrogens is 4. The van der Waals surface area contributed by atoms with Gasteiger partial charge in [0.25, 0.3) is 5.91 Å². The smallest absolute Gasteiger partial charge is 0.256 e. The Kier molecular flexibility index (Phi) is 4.94. The van der Waals surface area contributed by atoms with Crippen LogP contribution in [0.3, 0.4) is 0 Å². The first-order chi connectivity index (χ1) is 14.5. The summed E-state index contributed by atoms with van der Waals surface area (Å²) >= 11 is 9.54. The number of halogens is 3. The van der Waals surface area contributed by atoms with Crippen molar-refractivity contribution in [3.63, 3.8) is 0 Å². The second kappa shape index (κ2) is 7.63. The Balaban J connectivity index is 1.44. The Morgan fingerprint density at radius 2 is 2.07 bits per heavy atom. The maximum Gasteiger partial charge on any atom is 0.256 e. The molecule has 0 radical (unpaired) electrons. The van der Waals surface area contributed by atoms with Gasteiger partial charge < -0.3 is 9.64 Å². The second-order valence-electron chi connectivity index (χ2n) is 7.30. The van der Waals surface area contributed by atoms with E-state index in [4.69, 9.17) is 16.3 Å². The maximum absolute atomic E-state index is 14.6. The van der Waals surface area contributed by atoms with Crippen molar-refractivity contribution in [1.29, 1.82) is 0 Å². The number of amides is 1. The first-order valence-electron chi connectivity index (χ1n) is 9.48. The number of pyridine rings is 1. The zero-order chi connectivity index (χ0) is 20.8. The lowest BCUT2D eigenvalue weighted by Gasteiger charge is -2.26. The zero-order valence-electron chi connectivity index (χ0n) is 15.6. The van der Waals surface area contributed by atoms with Crippen molar-refractivity contribution in [2.24, 2.45) is 0 Å². The van der Waals surface area contributed by atoms with Crippen molar-refractivity contribution < 1.29 is 13.9 Å². The molecule has 2 aliphatic rings. The molecule has 2 fully saturated rings. The summed E-state index contributed by atoms with van der Waals surface area (Å²) in [6.45, 7) is 0. The first kappa shape index (κ1) is 19.4. The van der Waals surface area contributed by atoms with Crippen LogP contribution in [0.4, 0.5) is 4.39 Å². The summed E-state index contributed by atoms with van der Waals surface area (Å²) in [5.41, 5.74) is 0.279. The predicted molar refractivity (Wildman–Crippen MR) is 110 cm³/mol. The van der Waals surface area contributed by atoms with E-state index >= 15 is 0 Å². The molecule has 2 aromatic heterocycles. The van der Waals surface area contributed by atoms with Crippen molar-refractivity contribution in [2.45, 2.75) is 37.5 Å². The average Bonchev–Trinajstić information content (AvgIpc) is 3.46. The van der Waals surface area contributed by atoms with Crippen LogP contribution in [0.5, 0.6) is 5.75 Å². The monoisotopic (exact) mass is 491 g/mol. The molecule has 30 heavy (non-hydrogen) atoms. The Hall–Kier alpha value is -2.52. The molecule has 1 aromatic carbocycles. The van der Waals surface area contributed by atoms with Gasteiger partial charge in [0, 0.05) is 23.1 Å². The molecular weight excluding hydrogens is 477 g/mol. The molecule has 3 unspecified atom stereocenters. The number of carbonyl (C=O) groups is 1. The zero-order valence-corrected chi connectivity index (χ0v) is 17.9. The molecule has 10 heteroatoms. The third-order valence-electron chi connectivity index (χ3n) is 5.60. The average molecular weight is 493 g/mol. The van der Waals surface area contributed by atoms with Crippen molar-refractivity contribution in [1.82, 2.24) is 24.9 Å². The number of benzene rings is 1. The number of para-hydroxylation sites is 1. The normalized spacial score (nSPS) is 22.5. The number of rotatable bonds is 4. The van der Waals surface area contributed by atoms with Gasteiger partial charge in [-0.1, -0.05) is 17.7 Å². The SMILES string of the molecule is O=C(c1cccc(F)c1-n1nccn1)N1C2CCC1C(Oc1cc(Br)cnc1Cl)C2. The van der Waals surface area contributed by atoms with Crippen LogP contribution in [0.25, 0.3) is 5.69 Å². The van der Waals surface area contributed by atoms with Gasteiger partial charge in [0.2, 0.25) is 0 Å². The van der Waals surface area contributed by atoms with E-state index in [-0.39, 0.29) is 40.5 Å². The van der Waals surface area contributed by atoms with E-state index in [1.54, 1.807) is 18.3 Å². The third kappa shape index (κ3) is 3.26. The molecule has 0 spiro atoms. The molecule has 0 aliphatic carbocycles. The van der Waals surface area contributed by atoms with Gasteiger partial charge in [-0.05, 0) is 47.0 Å². The first-order valence-corrected chi connectivity index (χ1v) is 10.7. The molecule has 7 nitrogen and oxygen atoms in total. The van der Waals surface area contributed by atoms with E-state index < -0.39 is 5.82 Å². The number of fused-ring (bicyclic) bond motifs is 2. The van der Waals surface area contributed by atoms with Gasteiger partial charge >= 0.3 is 0 Å². The Morgan fingerprint density at radius 3 is 2.87 bits per heavy atom. The highest BCUT2D eigenvalue weighted by Crippen LogP contribution is 2.42. The summed E-state index contributed by atoms with van der Waals surface area (Å²) in [7, 11) is 0. The van der Waals surface area contributed by atoms with Crippen LogP contribution in [-0.4, -0.2) is 49.0 Å². The molecule has 0 saturated carbocycles. The minimum absolute atomic E-state index is 0.0214. The number of hydrogen-bond acceptors (Lipinski definition) is 5. The van der Waals surface area contributed by atoms with Crippen molar-refractivity contribution in [2.75, 3.05) is 0 Å². The topological polar surface area (TPSA) is 73.1 Å². The molecule has 154 valence electrons. The van der Waals surface area contributed by atoms with Gasteiger partial charge in [-0.2, -0.15) is 10.2 Å². The van der Waals surface area contributed by atoms with E-state index in [0.717, 1.165) is 22.1 Å². The molecule has 4 heterocycles. The number of hydrogen-bond donors (Lipinski definition) is 0. The fourth-order valence-corrected chi connectivity index (χ4v) is 4.85. The predicted octanol–water partition coefficient (Wildman–Crippen LogP) is 4.04. The van der Waals surface area contributed by atoms with Gasteiger partial charge in [0.1, 0.15) is 11.8 Å². The highest BCUT2D eigenvalue weighted by Gasteiger charge is 2.50. The van der Waals surface area contributed by atoms with E-state index in [0.29, 0.717) is 12.2 Å². The third-order valence-corrected chi connectivity index (χ3v) is 6.32. The minimum Gasteiger partial charge on any atom is -0.485 e. The molecule has 2 aliphatic heterocycles. The Labute approximate surface area is 184 Å². The molecule has 3 aromatic rings. The maximum atomic E-state index is 14.6. The summed E-state index contributed by atoms with van der Waals surface area (Å²) in [5.74, 6) is -0.328. The lowest BCUT2D eigenvalue weighted by atomic mass is 9.98. The van der Waals surface area contributed by atoms with Crippen LogP contribution in [0.1, 0.15) is 29.6 Å². The lowest BCUT2D eigenvalue weighted by Crippen LogP contribution is -2.39. The van der Waals surface area contributed by atoms with Gasteiger partial charge in [-0.15, -0.1) is 4.80 Å². The number of ether oxygens (including phenoxy) is 1. The highest BCUT2D eigenvalue weighted by molar-refractivity contribution is 9.10. The van der Waals surface area contributed by atoms with Crippen LogP contribution in [0.2, 0.25) is 5.15 Å². The van der Waals surface area contributed by atoms with E-state index in [1.165, 1.54) is 24.5 Å². The van der Waals surface area contributed by atoms with Crippen LogP contribution >= 0.6 is 27.5 Å². The standard InChI is InChI=1S/C20H16BrClFN5O2/c21-11-8-17(19(22)24-10-11)30-16-9-12-4-5-15(16)27(12)20(29)13-2-1-3-14(23)18(13)28-25-6-7-26-28/h1-3,6-8,10,12,15-16H,4-5,9H2. The summed E-state index contributed by atoms with van der Waals surface area (Å²) < 4.78 is 21.5. The van der Waals surface area contributed by atoms with Crippen molar-refractivity contribution in [3.8, 4) is 11.4 Å². The molecular formula is C20H16BrClFN5O2. The van der Waals surface area contributed by atoms with Gasteiger partial charge in [0.15, 0.2) is 16.7 Å². The van der Waals surface area contributed by atoms with Crippen LogP contribution in [0.15, 0.2) is 47.3 Å². The highest BCUT2D eigenvalue weighted by atomic mass is 79.9. The van der Waals surface area contributed by atoms with Crippen molar-refractivity contribution in [3.05, 3.63) is 63.9 Å². The lowest BCUT2D eigenvalue weighted by molar-refractivity contribution is 0.0684. The van der Waals surface area contributed by atoms with Gasteiger partial charge in [0.05, 0.1) is 24.0 Å². The molecule has 2 bridgehead atoms. The summed E-state index contributed by atoms with van der Waals surface area (Å²) in [6, 6.07) is 6.08. The fourth-order valence-electron chi connectivity index (χ4n) is 4.39. The largest absolute Gasteiger partial charge is 0.485 e. The number of nitrogens with zero attached hydrogens (tertiary/aromatic N) is 5. The summed E-state index contributed by atoms with van der Waals surface area (Å²) in [5, 5.41) is 8.28. The molecule has 0 N–H and O–H groups in total. The molecule has 5 rings (SSSR count). The van der Waals surface area contributed by atoms with E-state index in [2.05, 4.69) is 31.1 Å². The summed E-state index contributed by atoms with van der Waals surface area (Å²) in [4.78, 5) is 20.5. The van der Waals surface area contributed by atoms with E-state index in [1.807, 2.05) is 4.90 Å². The molecule has 2 saturated heterocycles. The Bertz CT molecular complexity index is 1110. The van der Waals surface area contributed by atoms with Gasteiger partial charge in [-0.3, -0.25) is 4.79 Å². The minimum atomic E-state index is -0.552.